The fraction of sp³-hybridized carbons (Fsp3) is 0.889. The SMILES string of the molecule is CCCCC(O)SCCNC(C)=O. The Labute approximate surface area is 84.3 Å². The van der Waals surface area contributed by atoms with Crippen molar-refractivity contribution in [3.8, 4) is 0 Å². The van der Waals surface area contributed by atoms with Gasteiger partial charge in [-0.3, -0.25) is 4.79 Å². The van der Waals surface area contributed by atoms with Crippen LogP contribution in [0.5, 0.6) is 0 Å². The first-order chi connectivity index (χ1) is 6.16. The van der Waals surface area contributed by atoms with E-state index in [2.05, 4.69) is 12.2 Å². The third-order valence-electron chi connectivity index (χ3n) is 1.59. The number of rotatable bonds is 7. The number of carbonyl (C=O) groups is 1. The molecule has 3 nitrogen and oxygen atoms in total. The van der Waals surface area contributed by atoms with Crippen molar-refractivity contribution < 1.29 is 9.90 Å². The average Bonchev–Trinajstić information content (AvgIpc) is 2.08. The van der Waals surface area contributed by atoms with Gasteiger partial charge in [0.1, 0.15) is 0 Å². The van der Waals surface area contributed by atoms with Crippen LogP contribution in [0.3, 0.4) is 0 Å². The van der Waals surface area contributed by atoms with E-state index in [0.29, 0.717) is 6.54 Å². The van der Waals surface area contributed by atoms with Crippen LogP contribution in [0.2, 0.25) is 0 Å². The minimum atomic E-state index is -0.270. The van der Waals surface area contributed by atoms with E-state index < -0.39 is 0 Å². The van der Waals surface area contributed by atoms with Gasteiger partial charge in [0, 0.05) is 19.2 Å². The van der Waals surface area contributed by atoms with Crippen LogP contribution in [-0.4, -0.2) is 28.7 Å². The van der Waals surface area contributed by atoms with Gasteiger partial charge in [0.2, 0.25) is 5.91 Å². The molecule has 1 unspecified atom stereocenters. The highest BCUT2D eigenvalue weighted by Crippen LogP contribution is 2.13. The molecule has 0 saturated carbocycles. The summed E-state index contributed by atoms with van der Waals surface area (Å²) in [4.78, 5) is 10.5. The maximum absolute atomic E-state index is 10.5. The number of unbranched alkanes of at least 4 members (excludes halogenated alkanes) is 1. The number of nitrogens with one attached hydrogen (secondary N) is 1. The van der Waals surface area contributed by atoms with Gasteiger partial charge in [-0.15, -0.1) is 11.8 Å². The summed E-state index contributed by atoms with van der Waals surface area (Å²) in [6, 6.07) is 0. The highest BCUT2D eigenvalue weighted by molar-refractivity contribution is 7.99. The molecule has 13 heavy (non-hydrogen) atoms. The van der Waals surface area contributed by atoms with Crippen molar-refractivity contribution in [2.75, 3.05) is 12.3 Å². The first kappa shape index (κ1) is 12.8. The minimum absolute atomic E-state index is 0.0105. The van der Waals surface area contributed by atoms with E-state index in [0.717, 1.165) is 25.0 Å². The van der Waals surface area contributed by atoms with E-state index in [9.17, 15) is 9.90 Å². The standard InChI is InChI=1S/C9H19NO2S/c1-3-4-5-9(12)13-7-6-10-8(2)11/h9,12H,3-7H2,1-2H3,(H,10,11). The molecule has 78 valence electrons. The number of carbonyl (C=O) groups excluding carboxylic acids is 1. The summed E-state index contributed by atoms with van der Waals surface area (Å²) in [6.07, 6.45) is 3.03. The monoisotopic (exact) mass is 205 g/mol. The Morgan fingerprint density at radius 3 is 2.85 bits per heavy atom. The van der Waals surface area contributed by atoms with Crippen molar-refractivity contribution >= 4 is 17.7 Å². The number of thioether (sulfide) groups is 1. The molecule has 0 aliphatic rings. The summed E-state index contributed by atoms with van der Waals surface area (Å²) in [5, 5.41) is 12.1. The molecular weight excluding hydrogens is 186 g/mol. The fourth-order valence-corrected chi connectivity index (χ4v) is 1.71. The molecule has 0 aliphatic heterocycles. The second-order valence-corrected chi connectivity index (χ2v) is 4.24. The third-order valence-corrected chi connectivity index (χ3v) is 2.65. The molecule has 1 amide bonds. The molecule has 0 aliphatic carbocycles. The highest BCUT2D eigenvalue weighted by Gasteiger charge is 2.02. The summed E-state index contributed by atoms with van der Waals surface area (Å²) >= 11 is 1.50. The molecule has 0 aromatic heterocycles. The summed E-state index contributed by atoms with van der Waals surface area (Å²) in [6.45, 7) is 4.25. The smallest absolute Gasteiger partial charge is 0.216 e. The van der Waals surface area contributed by atoms with Gasteiger partial charge in [-0.2, -0.15) is 0 Å². The van der Waals surface area contributed by atoms with Gasteiger partial charge in [-0.25, -0.2) is 0 Å². The van der Waals surface area contributed by atoms with Crippen molar-refractivity contribution in [1.29, 1.82) is 0 Å². The van der Waals surface area contributed by atoms with Gasteiger partial charge in [-0.1, -0.05) is 19.8 Å². The second kappa shape index (κ2) is 8.38. The van der Waals surface area contributed by atoms with E-state index in [1.165, 1.54) is 18.7 Å². The van der Waals surface area contributed by atoms with E-state index in [1.54, 1.807) is 0 Å². The summed E-state index contributed by atoms with van der Waals surface area (Å²) in [5.74, 6) is 0.772. The molecule has 0 bridgehead atoms. The topological polar surface area (TPSA) is 49.3 Å². The van der Waals surface area contributed by atoms with Crippen LogP contribution in [0, 0.1) is 0 Å². The van der Waals surface area contributed by atoms with Crippen LogP contribution >= 0.6 is 11.8 Å². The van der Waals surface area contributed by atoms with Crippen LogP contribution in [0.1, 0.15) is 33.1 Å². The second-order valence-electron chi connectivity index (χ2n) is 2.95. The third kappa shape index (κ3) is 9.70. The first-order valence-corrected chi connectivity index (χ1v) is 5.75. The van der Waals surface area contributed by atoms with E-state index in [1.807, 2.05) is 0 Å². The lowest BCUT2D eigenvalue weighted by Crippen LogP contribution is -2.23. The molecule has 4 heteroatoms. The van der Waals surface area contributed by atoms with Gasteiger partial charge >= 0.3 is 0 Å². The Hall–Kier alpha value is -0.220. The molecule has 0 radical (unpaired) electrons. The Kier molecular flexibility index (Phi) is 8.24. The quantitative estimate of drug-likeness (QED) is 0.487. The summed E-state index contributed by atoms with van der Waals surface area (Å²) < 4.78 is 0. The fourth-order valence-electron chi connectivity index (χ4n) is 0.884. The van der Waals surface area contributed by atoms with Crippen LogP contribution in [0.4, 0.5) is 0 Å². The molecule has 0 rings (SSSR count). The molecule has 0 aromatic carbocycles. The molecule has 0 spiro atoms. The van der Waals surface area contributed by atoms with Crippen LogP contribution in [-0.2, 0) is 4.79 Å². The largest absolute Gasteiger partial charge is 0.382 e. The normalized spacial score (nSPS) is 12.5. The van der Waals surface area contributed by atoms with Crippen molar-refractivity contribution in [1.82, 2.24) is 5.32 Å². The predicted molar refractivity (Wildman–Crippen MR) is 56.7 cm³/mol. The van der Waals surface area contributed by atoms with Crippen molar-refractivity contribution in [3.63, 3.8) is 0 Å². The Balaban J connectivity index is 3.16. The molecule has 0 heterocycles. The molecule has 1 atom stereocenters. The molecule has 0 saturated heterocycles. The molecular formula is C9H19NO2S. The van der Waals surface area contributed by atoms with Gasteiger partial charge in [0.15, 0.2) is 0 Å². The van der Waals surface area contributed by atoms with Gasteiger partial charge < -0.3 is 10.4 Å². The van der Waals surface area contributed by atoms with Gasteiger partial charge in [0.25, 0.3) is 0 Å². The number of amides is 1. The Morgan fingerprint density at radius 2 is 2.31 bits per heavy atom. The van der Waals surface area contributed by atoms with Crippen molar-refractivity contribution in [3.05, 3.63) is 0 Å². The van der Waals surface area contributed by atoms with E-state index in [4.69, 9.17) is 0 Å². The van der Waals surface area contributed by atoms with Crippen LogP contribution in [0.15, 0.2) is 0 Å². The lowest BCUT2D eigenvalue weighted by Gasteiger charge is -2.09. The van der Waals surface area contributed by atoms with Crippen LogP contribution in [0.25, 0.3) is 0 Å². The molecule has 0 fully saturated rings. The summed E-state index contributed by atoms with van der Waals surface area (Å²) in [7, 11) is 0. The van der Waals surface area contributed by atoms with Crippen LogP contribution < -0.4 is 5.32 Å². The van der Waals surface area contributed by atoms with E-state index >= 15 is 0 Å². The van der Waals surface area contributed by atoms with Crippen molar-refractivity contribution in [2.45, 2.75) is 38.5 Å². The molecule has 2 N–H and O–H groups in total. The maximum atomic E-state index is 10.5. The average molecular weight is 205 g/mol. The number of hydrogen-bond acceptors (Lipinski definition) is 3. The maximum Gasteiger partial charge on any atom is 0.216 e. The summed E-state index contributed by atoms with van der Waals surface area (Å²) in [5.41, 5.74) is -0.270. The predicted octanol–water partition coefficient (Wildman–Crippen LogP) is 1.36. The zero-order valence-electron chi connectivity index (χ0n) is 8.38. The minimum Gasteiger partial charge on any atom is -0.382 e. The first-order valence-electron chi connectivity index (χ1n) is 4.71. The highest BCUT2D eigenvalue weighted by atomic mass is 32.2. The lowest BCUT2D eigenvalue weighted by atomic mass is 10.3. The van der Waals surface area contributed by atoms with E-state index in [-0.39, 0.29) is 11.3 Å². The number of aliphatic hydroxyl groups is 1. The zero-order chi connectivity index (χ0) is 10.1. The lowest BCUT2D eigenvalue weighted by molar-refractivity contribution is -0.118. The number of hydrogen-bond donors (Lipinski definition) is 2. The molecule has 0 aromatic rings. The number of aliphatic hydroxyl groups excluding tert-OH is 1. The Bertz CT molecular complexity index is 142. The van der Waals surface area contributed by atoms with Crippen molar-refractivity contribution in [2.24, 2.45) is 0 Å². The zero-order valence-corrected chi connectivity index (χ0v) is 9.19. The van der Waals surface area contributed by atoms with Gasteiger partial charge in [0.05, 0.1) is 5.44 Å². The Morgan fingerprint density at radius 1 is 1.62 bits per heavy atom. The van der Waals surface area contributed by atoms with Gasteiger partial charge in [-0.05, 0) is 6.42 Å².